The number of ether oxygens (including phenoxy) is 1. The van der Waals surface area contributed by atoms with Crippen molar-refractivity contribution in [3.05, 3.63) is 29.8 Å². The number of piperazine rings is 1. The zero-order chi connectivity index (χ0) is 13.0. The highest BCUT2D eigenvalue weighted by Gasteiger charge is 2.19. The summed E-state index contributed by atoms with van der Waals surface area (Å²) >= 11 is 0. The number of methoxy groups -OCH3 is 1. The van der Waals surface area contributed by atoms with Gasteiger partial charge >= 0.3 is 0 Å². The summed E-state index contributed by atoms with van der Waals surface area (Å²) < 4.78 is 5.09. The minimum Gasteiger partial charge on any atom is -0.497 e. The van der Waals surface area contributed by atoms with Crippen LogP contribution in [-0.2, 0) is 11.2 Å². The summed E-state index contributed by atoms with van der Waals surface area (Å²) in [6.07, 6.45) is 0.439. The second kappa shape index (κ2) is 5.84. The van der Waals surface area contributed by atoms with E-state index in [0.29, 0.717) is 19.5 Å². The van der Waals surface area contributed by atoms with Gasteiger partial charge in [0.2, 0.25) is 5.91 Å². The first-order valence-electron chi connectivity index (χ1n) is 6.09. The summed E-state index contributed by atoms with van der Waals surface area (Å²) in [5, 5.41) is 1.75. The highest BCUT2D eigenvalue weighted by Crippen LogP contribution is 2.12. The maximum absolute atomic E-state index is 12.1. The molecule has 18 heavy (non-hydrogen) atoms. The van der Waals surface area contributed by atoms with Crippen molar-refractivity contribution in [2.75, 3.05) is 33.3 Å². The third-order valence-corrected chi connectivity index (χ3v) is 3.18. The number of hydrazine groups is 1. The Bertz CT molecular complexity index is 397. The molecular formula is C13H19N3O2. The third-order valence-electron chi connectivity index (χ3n) is 3.18. The van der Waals surface area contributed by atoms with Gasteiger partial charge in [-0.15, -0.1) is 0 Å². The van der Waals surface area contributed by atoms with Crippen LogP contribution < -0.4 is 10.6 Å². The van der Waals surface area contributed by atoms with E-state index in [1.165, 1.54) is 0 Å². The van der Waals surface area contributed by atoms with Crippen molar-refractivity contribution in [3.63, 3.8) is 0 Å². The lowest BCUT2D eigenvalue weighted by molar-refractivity contribution is -0.132. The van der Waals surface area contributed by atoms with E-state index in [0.717, 1.165) is 24.4 Å². The van der Waals surface area contributed by atoms with Gasteiger partial charge in [0, 0.05) is 26.2 Å². The Balaban J connectivity index is 1.90. The SMILES string of the molecule is COc1ccc(CC(=O)N2CCN(N)CC2)cc1. The lowest BCUT2D eigenvalue weighted by Crippen LogP contribution is -2.51. The van der Waals surface area contributed by atoms with E-state index in [1.807, 2.05) is 29.2 Å². The molecule has 1 aromatic carbocycles. The predicted molar refractivity (Wildman–Crippen MR) is 69.0 cm³/mol. The first-order chi connectivity index (χ1) is 8.69. The summed E-state index contributed by atoms with van der Waals surface area (Å²) in [4.78, 5) is 13.9. The number of nitrogens with zero attached hydrogens (tertiary/aromatic N) is 2. The average Bonchev–Trinajstić information content (AvgIpc) is 2.40. The van der Waals surface area contributed by atoms with Gasteiger partial charge in [-0.1, -0.05) is 12.1 Å². The van der Waals surface area contributed by atoms with Crippen molar-refractivity contribution in [3.8, 4) is 5.75 Å². The van der Waals surface area contributed by atoms with E-state index in [4.69, 9.17) is 10.6 Å². The van der Waals surface area contributed by atoms with Gasteiger partial charge in [-0.25, -0.2) is 5.01 Å². The Kier molecular flexibility index (Phi) is 4.17. The minimum atomic E-state index is 0.160. The first kappa shape index (κ1) is 12.9. The van der Waals surface area contributed by atoms with Gasteiger partial charge in [0.05, 0.1) is 13.5 Å². The van der Waals surface area contributed by atoms with E-state index in [1.54, 1.807) is 12.1 Å². The van der Waals surface area contributed by atoms with Gasteiger partial charge in [0.25, 0.3) is 0 Å². The Labute approximate surface area is 107 Å². The van der Waals surface area contributed by atoms with Crippen LogP contribution in [0.1, 0.15) is 5.56 Å². The number of hydrogen-bond donors (Lipinski definition) is 1. The van der Waals surface area contributed by atoms with Gasteiger partial charge in [-0.2, -0.15) is 0 Å². The number of carbonyl (C=O) groups is 1. The van der Waals surface area contributed by atoms with Crippen LogP contribution in [0, 0.1) is 0 Å². The van der Waals surface area contributed by atoms with Crippen LogP contribution in [0.5, 0.6) is 5.75 Å². The third kappa shape index (κ3) is 3.21. The molecule has 0 aliphatic carbocycles. The molecule has 1 aliphatic rings. The molecule has 0 spiro atoms. The fraction of sp³-hybridized carbons (Fsp3) is 0.462. The van der Waals surface area contributed by atoms with Gasteiger partial charge in [-0.3, -0.25) is 10.6 Å². The van der Waals surface area contributed by atoms with E-state index >= 15 is 0 Å². The standard InChI is InChI=1S/C13H19N3O2/c1-18-12-4-2-11(3-5-12)10-13(17)15-6-8-16(14)9-7-15/h2-5H,6-10,14H2,1H3. The zero-order valence-electron chi connectivity index (χ0n) is 10.6. The fourth-order valence-electron chi connectivity index (χ4n) is 2.00. The second-order valence-electron chi connectivity index (χ2n) is 4.44. The highest BCUT2D eigenvalue weighted by molar-refractivity contribution is 5.78. The molecule has 1 heterocycles. The molecule has 0 atom stereocenters. The maximum atomic E-state index is 12.1. The van der Waals surface area contributed by atoms with E-state index in [-0.39, 0.29) is 5.91 Å². The first-order valence-corrected chi connectivity index (χ1v) is 6.09. The largest absolute Gasteiger partial charge is 0.497 e. The topological polar surface area (TPSA) is 58.8 Å². The van der Waals surface area contributed by atoms with Crippen molar-refractivity contribution in [1.29, 1.82) is 0 Å². The number of rotatable bonds is 3. The fourth-order valence-corrected chi connectivity index (χ4v) is 2.00. The van der Waals surface area contributed by atoms with Crippen LogP contribution in [0.4, 0.5) is 0 Å². The lowest BCUT2D eigenvalue weighted by Gasteiger charge is -2.32. The Hall–Kier alpha value is -1.59. The van der Waals surface area contributed by atoms with E-state index in [9.17, 15) is 4.79 Å². The van der Waals surface area contributed by atoms with Crippen LogP contribution >= 0.6 is 0 Å². The molecule has 0 unspecified atom stereocenters. The van der Waals surface area contributed by atoms with Crippen molar-refractivity contribution in [2.45, 2.75) is 6.42 Å². The summed E-state index contributed by atoms with van der Waals surface area (Å²) in [5.74, 6) is 6.63. The Morgan fingerprint density at radius 2 is 1.83 bits per heavy atom. The zero-order valence-corrected chi connectivity index (χ0v) is 10.6. The number of hydrogen-bond acceptors (Lipinski definition) is 4. The van der Waals surface area contributed by atoms with Crippen LogP contribution in [0.15, 0.2) is 24.3 Å². The van der Waals surface area contributed by atoms with Crippen molar-refractivity contribution in [1.82, 2.24) is 9.91 Å². The molecule has 0 radical (unpaired) electrons. The van der Waals surface area contributed by atoms with Crippen molar-refractivity contribution < 1.29 is 9.53 Å². The summed E-state index contributed by atoms with van der Waals surface area (Å²) in [6, 6.07) is 7.60. The summed E-state index contributed by atoms with van der Waals surface area (Å²) in [5.41, 5.74) is 1.01. The lowest BCUT2D eigenvalue weighted by atomic mass is 10.1. The smallest absolute Gasteiger partial charge is 0.227 e. The Morgan fingerprint density at radius 3 is 2.39 bits per heavy atom. The molecule has 0 saturated carbocycles. The van der Waals surface area contributed by atoms with Crippen LogP contribution in [0.2, 0.25) is 0 Å². The van der Waals surface area contributed by atoms with E-state index < -0.39 is 0 Å². The molecule has 1 aromatic rings. The minimum absolute atomic E-state index is 0.160. The van der Waals surface area contributed by atoms with E-state index in [2.05, 4.69) is 0 Å². The molecule has 0 aromatic heterocycles. The average molecular weight is 249 g/mol. The Morgan fingerprint density at radius 1 is 1.22 bits per heavy atom. The molecule has 5 nitrogen and oxygen atoms in total. The normalized spacial score (nSPS) is 16.7. The highest BCUT2D eigenvalue weighted by atomic mass is 16.5. The molecule has 2 rings (SSSR count). The van der Waals surface area contributed by atoms with Gasteiger partial charge in [0.1, 0.15) is 5.75 Å². The number of amides is 1. The summed E-state index contributed by atoms with van der Waals surface area (Å²) in [7, 11) is 1.63. The molecule has 1 saturated heterocycles. The number of benzene rings is 1. The molecule has 1 aliphatic heterocycles. The monoisotopic (exact) mass is 249 g/mol. The van der Waals surface area contributed by atoms with Crippen molar-refractivity contribution in [2.24, 2.45) is 5.84 Å². The second-order valence-corrected chi connectivity index (χ2v) is 4.44. The predicted octanol–water partition coefficient (Wildman–Crippen LogP) is 0.256. The van der Waals surface area contributed by atoms with Gasteiger partial charge in [0.15, 0.2) is 0 Å². The molecule has 0 bridgehead atoms. The maximum Gasteiger partial charge on any atom is 0.227 e. The molecule has 1 amide bonds. The summed E-state index contributed by atoms with van der Waals surface area (Å²) in [6.45, 7) is 2.92. The van der Waals surface area contributed by atoms with Crippen molar-refractivity contribution >= 4 is 5.91 Å². The van der Waals surface area contributed by atoms with Crippen LogP contribution in [0.3, 0.4) is 0 Å². The molecule has 2 N–H and O–H groups in total. The number of nitrogens with two attached hydrogens (primary N) is 1. The van der Waals surface area contributed by atoms with Crippen LogP contribution in [-0.4, -0.2) is 49.1 Å². The number of carbonyl (C=O) groups excluding carboxylic acids is 1. The van der Waals surface area contributed by atoms with Gasteiger partial charge in [-0.05, 0) is 17.7 Å². The molecule has 5 heteroatoms. The molecule has 1 fully saturated rings. The van der Waals surface area contributed by atoms with Crippen LogP contribution in [0.25, 0.3) is 0 Å². The quantitative estimate of drug-likeness (QED) is 0.780. The molecule has 98 valence electrons. The van der Waals surface area contributed by atoms with Gasteiger partial charge < -0.3 is 9.64 Å². The molecular weight excluding hydrogens is 230 g/mol.